The van der Waals surface area contributed by atoms with Crippen molar-refractivity contribution < 1.29 is 53.1 Å². The molecule has 0 radical (unpaired) electrons. The van der Waals surface area contributed by atoms with E-state index < -0.39 is 40.8 Å². The molecular formula is C12H13N2O11S-. The number of rotatable bonds is 5. The van der Waals surface area contributed by atoms with Crippen LogP contribution in [0.2, 0.25) is 0 Å². The number of carbonyl (C=O) groups is 6. The first-order valence-corrected chi connectivity index (χ1v) is 7.69. The first kappa shape index (κ1) is 21.5. The lowest BCUT2D eigenvalue weighted by atomic mass is 10.4. The van der Waals surface area contributed by atoms with E-state index in [0.717, 1.165) is 13.8 Å². The molecule has 14 heteroatoms. The molecule has 0 spiro atoms. The van der Waals surface area contributed by atoms with Crippen LogP contribution in [0.4, 0.5) is 0 Å². The summed E-state index contributed by atoms with van der Waals surface area (Å²) in [4.78, 5) is 73.5. The normalized spacial score (nSPS) is 19.4. The average molecular weight is 393 g/mol. The summed E-state index contributed by atoms with van der Waals surface area (Å²) in [5, 5.41) is 12.4. The summed E-state index contributed by atoms with van der Waals surface area (Å²) in [6.07, 6.45) is 0.0400. The Morgan fingerprint density at radius 3 is 1.92 bits per heavy atom. The van der Waals surface area contributed by atoms with Gasteiger partial charge in [-0.1, -0.05) is 0 Å². The molecular weight excluding hydrogens is 380 g/mol. The van der Waals surface area contributed by atoms with Gasteiger partial charge in [-0.2, -0.15) is 4.33 Å². The molecule has 26 heavy (non-hydrogen) atoms. The van der Waals surface area contributed by atoms with Crippen molar-refractivity contribution in [2.75, 3.05) is 0 Å². The van der Waals surface area contributed by atoms with Gasteiger partial charge in [0.1, 0.15) is 5.25 Å². The van der Waals surface area contributed by atoms with Crippen LogP contribution in [0.5, 0.6) is 0 Å². The van der Waals surface area contributed by atoms with Crippen molar-refractivity contribution in [1.82, 2.24) is 10.1 Å². The second-order valence-corrected chi connectivity index (χ2v) is 5.60. The van der Waals surface area contributed by atoms with Crippen LogP contribution in [0, 0.1) is 0 Å². The lowest BCUT2D eigenvalue weighted by molar-refractivity contribution is -0.777. The maximum absolute atomic E-state index is 11.3. The van der Waals surface area contributed by atoms with Crippen molar-refractivity contribution in [3.8, 4) is 0 Å². The van der Waals surface area contributed by atoms with Gasteiger partial charge in [-0.15, -0.1) is 10.1 Å². The van der Waals surface area contributed by atoms with Gasteiger partial charge >= 0.3 is 11.9 Å². The minimum absolute atomic E-state index is 0.131. The predicted octanol–water partition coefficient (Wildman–Crippen LogP) is -1.92. The molecule has 0 bridgehead atoms. The first-order chi connectivity index (χ1) is 12.2. The smallest absolute Gasteiger partial charge is 0.330 e. The lowest BCUT2D eigenvalue weighted by Crippen LogP contribution is -2.33. The molecule has 2 aliphatic rings. The second-order valence-electron chi connectivity index (χ2n) is 4.70. The van der Waals surface area contributed by atoms with Gasteiger partial charge in [-0.25, -0.2) is 9.59 Å². The van der Waals surface area contributed by atoms with Crippen molar-refractivity contribution in [3.63, 3.8) is 0 Å². The van der Waals surface area contributed by atoms with E-state index in [-0.39, 0.29) is 19.3 Å². The summed E-state index contributed by atoms with van der Waals surface area (Å²) in [5.41, 5.74) is 0. The zero-order valence-electron chi connectivity index (χ0n) is 13.5. The van der Waals surface area contributed by atoms with Gasteiger partial charge in [-0.3, -0.25) is 24.2 Å². The highest BCUT2D eigenvalue weighted by molar-refractivity contribution is 7.96. The van der Waals surface area contributed by atoms with Crippen LogP contribution in [0.15, 0.2) is 0 Å². The molecule has 0 aromatic carbocycles. The number of hydrogen-bond donors (Lipinski definition) is 0. The Kier molecular flexibility index (Phi) is 8.11. The van der Waals surface area contributed by atoms with E-state index in [0.29, 0.717) is 22.2 Å². The number of amides is 4. The van der Waals surface area contributed by atoms with Gasteiger partial charge in [0.15, 0.2) is 0 Å². The highest BCUT2D eigenvalue weighted by Crippen LogP contribution is 2.25. The molecule has 144 valence electrons. The third-order valence-corrected chi connectivity index (χ3v) is 3.43. The first-order valence-electron chi connectivity index (χ1n) is 6.89. The summed E-state index contributed by atoms with van der Waals surface area (Å²) in [5.74, 6) is -3.80. The van der Waals surface area contributed by atoms with Crippen LogP contribution in [0.25, 0.3) is 0 Å². The number of hydrogen-bond acceptors (Lipinski definition) is 12. The van der Waals surface area contributed by atoms with Crippen LogP contribution in [-0.2, 0) is 47.8 Å². The van der Waals surface area contributed by atoms with E-state index in [1.807, 2.05) is 0 Å². The monoisotopic (exact) mass is 393 g/mol. The molecule has 2 rings (SSSR count). The molecule has 0 saturated carbocycles. The van der Waals surface area contributed by atoms with E-state index in [9.17, 15) is 34.0 Å². The molecule has 2 saturated heterocycles. The molecule has 2 fully saturated rings. The van der Waals surface area contributed by atoms with Crippen LogP contribution < -0.4 is 5.26 Å². The second kappa shape index (κ2) is 9.81. The summed E-state index contributed by atoms with van der Waals surface area (Å²) in [7, 11) is 0. The quantitative estimate of drug-likeness (QED) is 0.220. The number of hydroxylamine groups is 4. The Hall–Kier alpha value is -2.55. The van der Waals surface area contributed by atoms with Crippen molar-refractivity contribution in [2.45, 2.75) is 38.4 Å². The molecule has 0 aromatic rings. The summed E-state index contributed by atoms with van der Waals surface area (Å²) in [6.45, 7) is 2.19. The maximum atomic E-state index is 11.3. The summed E-state index contributed by atoms with van der Waals surface area (Å²) < 4.78 is 3.91. The van der Waals surface area contributed by atoms with Crippen molar-refractivity contribution in [3.05, 3.63) is 0 Å². The van der Waals surface area contributed by atoms with Crippen LogP contribution in [0.3, 0.4) is 0 Å². The average Bonchev–Trinajstić information content (AvgIpc) is 3.00. The van der Waals surface area contributed by atoms with Crippen molar-refractivity contribution in [1.29, 1.82) is 0 Å². The van der Waals surface area contributed by atoms with E-state index in [1.165, 1.54) is 0 Å². The number of nitrogens with zero attached hydrogens (tertiary/aromatic N) is 2. The van der Waals surface area contributed by atoms with Crippen LogP contribution >= 0.6 is 12.0 Å². The van der Waals surface area contributed by atoms with Crippen LogP contribution in [-0.4, -0.2) is 50.9 Å². The molecule has 2 heterocycles. The minimum atomic E-state index is -0.939. The van der Waals surface area contributed by atoms with Gasteiger partial charge < -0.3 is 14.9 Å². The van der Waals surface area contributed by atoms with Gasteiger partial charge in [0, 0.05) is 38.7 Å². The topological polar surface area (TPSA) is 169 Å². The highest BCUT2D eigenvalue weighted by Gasteiger charge is 2.42. The predicted molar refractivity (Wildman–Crippen MR) is 74.6 cm³/mol. The van der Waals surface area contributed by atoms with Crippen molar-refractivity contribution in [2.24, 2.45) is 0 Å². The largest absolute Gasteiger partial charge is 0.691 e. The van der Waals surface area contributed by atoms with E-state index >= 15 is 0 Å². The molecule has 4 amide bonds. The molecule has 2 aliphatic heterocycles. The molecule has 0 aliphatic carbocycles. The lowest BCUT2D eigenvalue weighted by Gasteiger charge is -2.11. The molecule has 1 unspecified atom stereocenters. The standard InChI is InChI=1S/C6H7NO7S.C6H7NO4/c1-3(8)12-7-5(9)2-4(6(7)10)15-14-13-11;1-4(8)11-7-5(9)2-3-6(7)10/h4,11H,2H2,1H3;2-3H2,1H3/p-1. The van der Waals surface area contributed by atoms with Gasteiger partial charge in [-0.05, 0) is 0 Å². The highest BCUT2D eigenvalue weighted by atomic mass is 32.2. The Morgan fingerprint density at radius 2 is 1.46 bits per heavy atom. The molecule has 1 atom stereocenters. The molecule has 0 aromatic heterocycles. The zero-order valence-corrected chi connectivity index (χ0v) is 14.3. The number of imide groups is 2. The Labute approximate surface area is 150 Å². The fourth-order valence-corrected chi connectivity index (χ4v) is 2.25. The zero-order chi connectivity index (χ0) is 19.9. The van der Waals surface area contributed by atoms with Gasteiger partial charge in [0.2, 0.25) is 0 Å². The van der Waals surface area contributed by atoms with Crippen molar-refractivity contribution >= 4 is 47.6 Å². The fraction of sp³-hybridized carbons (Fsp3) is 0.500. The van der Waals surface area contributed by atoms with E-state index in [1.54, 1.807) is 0 Å². The van der Waals surface area contributed by atoms with Gasteiger partial charge in [0.25, 0.3) is 23.6 Å². The Balaban J connectivity index is 0.000000273. The fourth-order valence-electron chi connectivity index (χ4n) is 1.73. The third-order valence-electron chi connectivity index (χ3n) is 2.69. The minimum Gasteiger partial charge on any atom is -0.691 e. The summed E-state index contributed by atoms with van der Waals surface area (Å²) >= 11 is 0.389. The molecule has 13 nitrogen and oxygen atoms in total. The van der Waals surface area contributed by atoms with Crippen LogP contribution in [0.1, 0.15) is 33.1 Å². The maximum Gasteiger partial charge on any atom is 0.330 e. The van der Waals surface area contributed by atoms with Gasteiger partial charge in [0.05, 0.1) is 6.42 Å². The SMILES string of the molecule is CC(=O)ON1C(=O)CC(SOO[O-])C1=O.CC(=O)ON1C(=O)CCC1=O. The van der Waals surface area contributed by atoms with E-state index in [2.05, 4.69) is 19.0 Å². The number of carbonyl (C=O) groups excluding carboxylic acids is 6. The van der Waals surface area contributed by atoms with E-state index in [4.69, 9.17) is 0 Å². The molecule has 0 N–H and O–H groups in total. The summed E-state index contributed by atoms with van der Waals surface area (Å²) in [6, 6.07) is 0. The Bertz CT molecular complexity index is 606. The Morgan fingerprint density at radius 1 is 0.962 bits per heavy atom. The third kappa shape index (κ3) is 6.07.